The van der Waals surface area contributed by atoms with Crippen molar-refractivity contribution in [3.63, 3.8) is 0 Å². The summed E-state index contributed by atoms with van der Waals surface area (Å²) in [5.41, 5.74) is 0.173. The summed E-state index contributed by atoms with van der Waals surface area (Å²) < 4.78 is 0. The number of hydrogen-bond acceptors (Lipinski definition) is 3. The average Bonchev–Trinajstić information content (AvgIpc) is 3.11. The van der Waals surface area contributed by atoms with Crippen LogP contribution in [0, 0.1) is 5.92 Å². The lowest BCUT2D eigenvalue weighted by Gasteiger charge is -2.45. The Balaban J connectivity index is 1.94. The Hall–Kier alpha value is -1.30. The number of carbonyl (C=O) groups excluding carboxylic acids is 1. The summed E-state index contributed by atoms with van der Waals surface area (Å²) in [6.45, 7) is 8.10. The number of carbonyl (C=O) groups is 1. The van der Waals surface area contributed by atoms with E-state index in [1.165, 1.54) is 25.7 Å². The van der Waals surface area contributed by atoms with E-state index in [-0.39, 0.29) is 18.0 Å². The third-order valence-corrected chi connectivity index (χ3v) is 5.78. The zero-order chi connectivity index (χ0) is 18.3. The van der Waals surface area contributed by atoms with Gasteiger partial charge in [0.1, 0.15) is 6.54 Å². The van der Waals surface area contributed by atoms with Gasteiger partial charge in [0.15, 0.2) is 5.96 Å². The van der Waals surface area contributed by atoms with Crippen molar-refractivity contribution < 1.29 is 4.79 Å². The summed E-state index contributed by atoms with van der Waals surface area (Å²) in [5.74, 6) is 1.66. The number of likely N-dealkylation sites (N-methyl/N-ethyl adjacent to an activating group) is 1. The van der Waals surface area contributed by atoms with Crippen molar-refractivity contribution >= 4 is 11.9 Å². The fourth-order valence-electron chi connectivity index (χ4n) is 4.16. The van der Waals surface area contributed by atoms with Gasteiger partial charge in [-0.3, -0.25) is 4.79 Å². The van der Waals surface area contributed by atoms with Crippen molar-refractivity contribution in [1.82, 2.24) is 20.4 Å². The summed E-state index contributed by atoms with van der Waals surface area (Å²) in [4.78, 5) is 21.1. The number of rotatable bonds is 6. The second-order valence-corrected chi connectivity index (χ2v) is 7.96. The van der Waals surface area contributed by atoms with E-state index in [2.05, 4.69) is 48.5 Å². The summed E-state index contributed by atoms with van der Waals surface area (Å²) in [7, 11) is 4.36. The first-order valence-electron chi connectivity index (χ1n) is 9.94. The van der Waals surface area contributed by atoms with Gasteiger partial charge in [-0.05, 0) is 52.6 Å². The van der Waals surface area contributed by atoms with Gasteiger partial charge in [-0.15, -0.1) is 0 Å². The molecular formula is C19H37N5O. The van der Waals surface area contributed by atoms with Crippen LogP contribution in [0.2, 0.25) is 0 Å². The molecule has 25 heavy (non-hydrogen) atoms. The quantitative estimate of drug-likeness (QED) is 0.565. The van der Waals surface area contributed by atoms with Crippen LogP contribution in [0.1, 0.15) is 52.4 Å². The first-order chi connectivity index (χ1) is 12.0. The van der Waals surface area contributed by atoms with Crippen LogP contribution in [0.5, 0.6) is 0 Å². The minimum Gasteiger partial charge on any atom is -0.357 e. The molecule has 0 aromatic rings. The molecule has 6 heteroatoms. The lowest BCUT2D eigenvalue weighted by atomic mass is 9.75. The predicted molar refractivity (Wildman–Crippen MR) is 104 cm³/mol. The van der Waals surface area contributed by atoms with Crippen molar-refractivity contribution in [2.24, 2.45) is 10.9 Å². The van der Waals surface area contributed by atoms with Gasteiger partial charge in [0.05, 0.1) is 0 Å². The molecule has 1 amide bonds. The highest BCUT2D eigenvalue weighted by molar-refractivity contribution is 5.85. The number of hydrogen-bond donors (Lipinski definition) is 2. The highest BCUT2D eigenvalue weighted by Gasteiger charge is 2.36. The molecule has 1 saturated carbocycles. The van der Waals surface area contributed by atoms with Crippen molar-refractivity contribution in [1.29, 1.82) is 0 Å². The Labute approximate surface area is 153 Å². The molecule has 2 fully saturated rings. The Morgan fingerprint density at radius 3 is 2.56 bits per heavy atom. The maximum absolute atomic E-state index is 12.2. The molecule has 2 N–H and O–H groups in total. The summed E-state index contributed by atoms with van der Waals surface area (Å²) in [5, 5.41) is 6.79. The predicted octanol–water partition coefficient (Wildman–Crippen LogP) is 1.67. The maximum Gasteiger partial charge on any atom is 0.244 e. The monoisotopic (exact) mass is 351 g/mol. The zero-order valence-electron chi connectivity index (χ0n) is 16.6. The Morgan fingerprint density at radius 1 is 1.24 bits per heavy atom. The van der Waals surface area contributed by atoms with Crippen LogP contribution in [0.15, 0.2) is 4.99 Å². The van der Waals surface area contributed by atoms with Crippen molar-refractivity contribution in [2.75, 3.05) is 46.8 Å². The van der Waals surface area contributed by atoms with Crippen molar-refractivity contribution in [2.45, 2.75) is 57.9 Å². The van der Waals surface area contributed by atoms with E-state index < -0.39 is 0 Å². The zero-order valence-corrected chi connectivity index (χ0v) is 16.6. The number of amides is 1. The van der Waals surface area contributed by atoms with E-state index in [4.69, 9.17) is 0 Å². The molecule has 0 radical (unpaired) electrons. The molecule has 2 rings (SSSR count). The third kappa shape index (κ3) is 5.59. The van der Waals surface area contributed by atoms with Gasteiger partial charge in [-0.25, -0.2) is 4.99 Å². The maximum atomic E-state index is 12.2. The number of likely N-dealkylation sites (tertiary alicyclic amines) is 1. The SMILES string of the molecule is CCNC(=NCC(=O)N1CCCC1)NCC1(N(C)C)CCCC(C)C1. The Kier molecular flexibility index (Phi) is 7.54. The topological polar surface area (TPSA) is 60.0 Å². The highest BCUT2D eigenvalue weighted by atomic mass is 16.2. The molecule has 0 bridgehead atoms. The molecule has 144 valence electrons. The molecule has 0 spiro atoms. The summed E-state index contributed by atoms with van der Waals surface area (Å²) in [6, 6.07) is 0. The minimum absolute atomic E-state index is 0.142. The van der Waals surface area contributed by atoms with Gasteiger partial charge in [0.2, 0.25) is 5.91 Å². The molecular weight excluding hydrogens is 314 g/mol. The number of nitrogens with one attached hydrogen (secondary N) is 2. The van der Waals surface area contributed by atoms with Crippen molar-refractivity contribution in [3.05, 3.63) is 0 Å². The highest BCUT2D eigenvalue weighted by Crippen LogP contribution is 2.35. The lowest BCUT2D eigenvalue weighted by Crippen LogP contribution is -2.56. The summed E-state index contributed by atoms with van der Waals surface area (Å²) in [6.07, 6.45) is 7.27. The van der Waals surface area contributed by atoms with Crippen LogP contribution in [-0.2, 0) is 4.79 Å². The van der Waals surface area contributed by atoms with Gasteiger partial charge in [-0.1, -0.05) is 19.8 Å². The molecule has 6 nitrogen and oxygen atoms in total. The van der Waals surface area contributed by atoms with Crippen LogP contribution in [0.4, 0.5) is 0 Å². The van der Waals surface area contributed by atoms with Crippen LogP contribution >= 0.6 is 0 Å². The third-order valence-electron chi connectivity index (χ3n) is 5.78. The summed E-state index contributed by atoms with van der Waals surface area (Å²) >= 11 is 0. The molecule has 2 atom stereocenters. The van der Waals surface area contributed by atoms with E-state index in [0.717, 1.165) is 50.9 Å². The van der Waals surface area contributed by atoms with Crippen LogP contribution in [0.25, 0.3) is 0 Å². The molecule has 1 saturated heterocycles. The molecule has 2 aliphatic rings. The number of guanidine groups is 1. The molecule has 2 unspecified atom stereocenters. The number of nitrogens with zero attached hydrogens (tertiary/aromatic N) is 3. The smallest absolute Gasteiger partial charge is 0.244 e. The van der Waals surface area contributed by atoms with E-state index in [9.17, 15) is 4.79 Å². The Bertz CT molecular complexity index is 459. The van der Waals surface area contributed by atoms with Crippen molar-refractivity contribution in [3.8, 4) is 0 Å². The molecule has 1 aliphatic heterocycles. The lowest BCUT2D eigenvalue weighted by molar-refractivity contribution is -0.128. The second-order valence-electron chi connectivity index (χ2n) is 7.96. The van der Waals surface area contributed by atoms with E-state index in [1.54, 1.807) is 0 Å². The van der Waals surface area contributed by atoms with Gasteiger partial charge in [0, 0.05) is 31.7 Å². The van der Waals surface area contributed by atoms with E-state index in [0.29, 0.717) is 0 Å². The van der Waals surface area contributed by atoms with Gasteiger partial charge < -0.3 is 20.4 Å². The van der Waals surface area contributed by atoms with Crippen LogP contribution < -0.4 is 10.6 Å². The fraction of sp³-hybridized carbons (Fsp3) is 0.895. The van der Waals surface area contributed by atoms with E-state index in [1.807, 2.05) is 4.90 Å². The molecule has 0 aromatic heterocycles. The fourth-order valence-corrected chi connectivity index (χ4v) is 4.16. The second kappa shape index (κ2) is 9.41. The van der Waals surface area contributed by atoms with Crippen LogP contribution in [-0.4, -0.2) is 74.0 Å². The van der Waals surface area contributed by atoms with Gasteiger partial charge >= 0.3 is 0 Å². The molecule has 1 heterocycles. The first kappa shape index (κ1) is 20.0. The molecule has 0 aromatic carbocycles. The van der Waals surface area contributed by atoms with Crippen LogP contribution in [0.3, 0.4) is 0 Å². The number of aliphatic imine (C=N–C) groups is 1. The van der Waals surface area contributed by atoms with E-state index >= 15 is 0 Å². The minimum atomic E-state index is 0.142. The molecule has 1 aliphatic carbocycles. The van der Waals surface area contributed by atoms with Gasteiger partial charge in [-0.2, -0.15) is 0 Å². The van der Waals surface area contributed by atoms with Gasteiger partial charge in [0.25, 0.3) is 0 Å². The normalized spacial score (nSPS) is 27.6. The largest absolute Gasteiger partial charge is 0.357 e. The standard InChI is InChI=1S/C19H37N5O/c1-5-20-18(21-14-17(25)24-11-6-7-12-24)22-15-19(23(3)4)10-8-9-16(2)13-19/h16H,5-15H2,1-4H3,(H2,20,21,22). The Morgan fingerprint density at radius 2 is 1.96 bits per heavy atom. The first-order valence-corrected chi connectivity index (χ1v) is 9.94. The average molecular weight is 352 g/mol.